The second-order valence-electron chi connectivity index (χ2n) is 34.0. The molecule has 0 unspecified atom stereocenters. The van der Waals surface area contributed by atoms with E-state index in [1.807, 2.05) is 67.3 Å². The molecule has 4 aromatic carbocycles. The summed E-state index contributed by atoms with van der Waals surface area (Å²) >= 11 is 0. The van der Waals surface area contributed by atoms with E-state index < -0.39 is 136 Å². The molecule has 33 nitrogen and oxygen atoms in total. The topological polar surface area (TPSA) is 381 Å². The molecule has 33 heteroatoms. The highest BCUT2D eigenvalue weighted by molar-refractivity contribution is 5.92. The third-order valence-electron chi connectivity index (χ3n) is 24.2. The Morgan fingerprint density at radius 1 is 0.359 bits per heavy atom. The lowest BCUT2D eigenvalue weighted by atomic mass is 9.92. The van der Waals surface area contributed by atoms with Gasteiger partial charge in [0.25, 0.3) is 0 Å². The van der Waals surface area contributed by atoms with Crippen molar-refractivity contribution >= 4 is 23.9 Å². The predicted molar refractivity (Wildman–Crippen MR) is 492 cm³/mol. The van der Waals surface area contributed by atoms with Crippen LogP contribution in [0.15, 0.2) is 117 Å². The molecule has 0 aliphatic carbocycles. The molecule has 0 radical (unpaired) electrons. The maximum Gasteiger partial charge on any atom is 0.343 e. The van der Waals surface area contributed by atoms with Gasteiger partial charge in [-0.3, -0.25) is 57.9 Å². The Balaban J connectivity index is 0.000000177. The number of hydrogen-bond acceptors (Lipinski definition) is 28. The molecule has 4 aromatic heterocycles. The van der Waals surface area contributed by atoms with E-state index >= 15 is 0 Å². The molecule has 8 aromatic rings. The van der Waals surface area contributed by atoms with Crippen LogP contribution in [0.2, 0.25) is 0 Å². The SMILES string of the molecule is COCc1cc2c(cc1O)[C@H]1CCC(C)(C)N1n1cc(C(=O)OC)c(=O)cc1-2.[2H]C([2H])(CO)C([2H])([2H])C([2H])([2H])Oc1cc2c(cc1COC)-c1cc(=O)c(C(=O)OC)cn1N1[C@@H]2CCC1(C)C.[2H]C([2H])(O)C([2H])([2H])C([2H])([2H])O.[2H]C([2H])(OC)C([2H])([2H])C([2H])([2H])Oc1cc2c(cc1COC)-c1cc(=O)c(C(=O)O)cn1N1[C@@H]2CCC1(C)C.[2H]C([2H])(OC)C([2H])([2H])C([2H])([2H])Oc1cc2c(cc1COC)-c1cc(=O)c(C(=O)OC)cn1N1[C@@H]2CCC1(C)C. The molecule has 0 amide bonds. The van der Waals surface area contributed by atoms with Crippen LogP contribution < -0.4 is 56.0 Å². The van der Waals surface area contributed by atoms with Crippen molar-refractivity contribution in [2.75, 3.05) is 137 Å². The number of carboxylic acids is 1. The molecule has 0 saturated carbocycles. The minimum absolute atomic E-state index is 0.00652. The number of carbonyl (C=O) groups excluding carboxylic acids is 3. The van der Waals surface area contributed by atoms with Crippen LogP contribution in [0.1, 0.15) is 282 Å². The number of nitrogens with zero attached hydrogens (tertiary/aromatic N) is 8. The van der Waals surface area contributed by atoms with E-state index in [4.69, 9.17) is 90.5 Å². The number of carbonyl (C=O) groups is 4. The molecular formula is C98H126N8O25. The van der Waals surface area contributed by atoms with Crippen molar-refractivity contribution < 1.29 is 134 Å². The van der Waals surface area contributed by atoms with Crippen molar-refractivity contribution in [3.63, 3.8) is 0 Å². The number of aromatic carboxylic acids is 1. The van der Waals surface area contributed by atoms with Gasteiger partial charge in [0.1, 0.15) is 45.3 Å². The molecule has 4 saturated heterocycles. The Morgan fingerprint density at radius 3 is 0.901 bits per heavy atom. The maximum absolute atomic E-state index is 12.9. The van der Waals surface area contributed by atoms with Crippen molar-refractivity contribution in [3.8, 4) is 68.0 Å². The molecule has 16 rings (SSSR count). The van der Waals surface area contributed by atoms with Gasteiger partial charge in [-0.2, -0.15) is 0 Å². The lowest BCUT2D eigenvalue weighted by Crippen LogP contribution is -2.50. The molecule has 0 spiro atoms. The summed E-state index contributed by atoms with van der Waals surface area (Å²) in [6.07, 6.45) is -3.90. The molecule has 0 bridgehead atoms. The van der Waals surface area contributed by atoms with Crippen molar-refractivity contribution in [2.45, 2.75) is 211 Å². The number of carboxylic acid groups (broad SMARTS) is 1. The van der Waals surface area contributed by atoms with E-state index in [0.717, 1.165) is 57.5 Å². The Bertz CT molecular complexity index is 6790. The van der Waals surface area contributed by atoms with Crippen LogP contribution >= 0.6 is 0 Å². The van der Waals surface area contributed by atoms with E-state index in [1.165, 1.54) is 85.5 Å². The first-order chi connectivity index (χ1) is 71.3. The molecule has 8 aliphatic rings. The fourth-order valence-electron chi connectivity index (χ4n) is 18.5. The van der Waals surface area contributed by atoms with Crippen LogP contribution in [-0.2, 0) is 69.1 Å². The number of fused-ring (bicyclic) bond motifs is 24. The average Bonchev–Trinajstić information content (AvgIpc) is 1.64. The Labute approximate surface area is 795 Å². The van der Waals surface area contributed by atoms with Crippen molar-refractivity contribution in [1.82, 2.24) is 18.7 Å². The van der Waals surface area contributed by atoms with Crippen molar-refractivity contribution in [2.24, 2.45) is 0 Å². The maximum atomic E-state index is 12.9. The molecule has 5 N–H and O–H groups in total. The summed E-state index contributed by atoms with van der Waals surface area (Å²) in [6.45, 7) is -7.03. The number of aromatic hydroxyl groups is 1. The number of esters is 3. The summed E-state index contributed by atoms with van der Waals surface area (Å²) in [7, 11) is 11.4. The van der Waals surface area contributed by atoms with Crippen LogP contribution in [0, 0.1) is 0 Å². The second kappa shape index (κ2) is 42.0. The molecule has 4 fully saturated rings. The highest BCUT2D eigenvalue weighted by atomic mass is 16.5. The summed E-state index contributed by atoms with van der Waals surface area (Å²) in [5, 5.41) is 54.5. The molecule has 4 atom stereocenters. The zero-order valence-corrected chi connectivity index (χ0v) is 75.7. The summed E-state index contributed by atoms with van der Waals surface area (Å²) in [5.74, 6) is -3.41. The number of aromatic nitrogens is 4. The first kappa shape index (κ1) is 70.4. The lowest BCUT2D eigenvalue weighted by Gasteiger charge is -2.44. The number of ether oxygens (including phenoxy) is 12. The van der Waals surface area contributed by atoms with E-state index in [2.05, 4.69) is 28.3 Å². The largest absolute Gasteiger partial charge is 0.508 e. The summed E-state index contributed by atoms with van der Waals surface area (Å²) in [4.78, 5) is 99.6. The minimum Gasteiger partial charge on any atom is -0.508 e. The van der Waals surface area contributed by atoms with Crippen molar-refractivity contribution in [3.05, 3.63) is 205 Å². The van der Waals surface area contributed by atoms with Gasteiger partial charge in [-0.15, -0.1) is 0 Å². The highest BCUT2D eigenvalue weighted by Crippen LogP contribution is 2.55. The highest BCUT2D eigenvalue weighted by Gasteiger charge is 2.50. The zero-order chi connectivity index (χ0) is 116. The van der Waals surface area contributed by atoms with Crippen molar-refractivity contribution in [1.29, 1.82) is 0 Å². The van der Waals surface area contributed by atoms with Crippen LogP contribution in [-0.4, -0.2) is 207 Å². The van der Waals surface area contributed by atoms with Crippen LogP contribution in [0.25, 0.3) is 45.0 Å². The van der Waals surface area contributed by atoms with E-state index in [1.54, 1.807) is 69.8 Å². The fraction of sp³-hybridized carbons (Fsp3) is 0.510. The standard InChI is InChI=1S/2C25H32N2O6.C24H30N2O6.C21H24N2O5.C3H8O2/c1-25(2)8-7-20-18-12-23(33-10-6-9-30-3)16(15-31-4)11-17(18)21-13-22(28)19(24(29)32-5)14-26(21)27(20)25;1-25(2)8-7-20-18-12-23(33-10-6-5-9-28)16(15-31-3)11-17(18)21-13-22(29)19(24(30)32-4)14-26(21)27(20)25;1-24(2)7-6-19-17-11-22(32-9-5-8-30-3)15(14-31-4)10-16(17)20-12-21(27)18(23(28)29)13-25(20)26(19)24;1-21(2)6-5-16-14-8-18(24)12(11-27-3)7-13(14)17-9-19(25)15(20(26)28-4)10-22(17)23(16)21;4-2-1-3-5/h11-14,20H,6-10,15H2,1-5H3;11-14,20,28H,5-10,15H2,1-4H3;10-13,19H,5-9,14H2,1-4H3,(H,28,29);7-10,16,24H,5-6,11H2,1-4H3;4-5H,1-3H2/t2*20-;19-;16-;/m1111./s1/i6D2,9D2,10D2;5D2,6D2,10D2;5D2,8D2,9D2;;1D2,2D2,3D2. The van der Waals surface area contributed by atoms with Crippen LogP contribution in [0.5, 0.6) is 23.0 Å². The van der Waals surface area contributed by atoms with Gasteiger partial charge in [0, 0.05) is 196 Å². The Hall–Kier alpha value is -11.4. The van der Waals surface area contributed by atoms with Gasteiger partial charge in [0.15, 0.2) is 21.7 Å². The number of aliphatic hydroxyl groups excluding tert-OH is 1. The smallest absolute Gasteiger partial charge is 0.343 e. The van der Waals surface area contributed by atoms with Gasteiger partial charge in [-0.05, 0) is 197 Å². The summed E-state index contributed by atoms with van der Waals surface area (Å²) in [5.41, 5.74) is 5.59. The van der Waals surface area contributed by atoms with Gasteiger partial charge in [-0.1, -0.05) is 0 Å². The van der Waals surface area contributed by atoms with Crippen LogP contribution in [0.3, 0.4) is 0 Å². The monoisotopic (exact) mass is 1840 g/mol. The first-order valence-electron chi connectivity index (χ1n) is 53.6. The van der Waals surface area contributed by atoms with Gasteiger partial charge >= 0.3 is 23.9 Å². The number of pyridine rings is 4. The van der Waals surface area contributed by atoms with Gasteiger partial charge in [0.05, 0.1) is 156 Å². The van der Waals surface area contributed by atoms with Gasteiger partial charge < -0.3 is 82.4 Å². The number of aliphatic hydroxyl groups is 3. The predicted octanol–water partition coefficient (Wildman–Crippen LogP) is 12.0. The van der Waals surface area contributed by atoms with Gasteiger partial charge in [0.2, 0.25) is 0 Å². The second-order valence-corrected chi connectivity index (χ2v) is 34.0. The number of methoxy groups -OCH3 is 9. The lowest BCUT2D eigenvalue weighted by molar-refractivity contribution is 0.0589. The number of phenols is 1. The number of hydrogen-bond donors (Lipinski definition) is 5. The number of rotatable bonds is 29. The molecule has 708 valence electrons. The number of phenolic OH excluding ortho intramolecular Hbond substituents is 1. The first-order valence-corrected chi connectivity index (χ1v) is 41.6. The Kier molecular flexibility index (Phi) is 22.6. The Morgan fingerprint density at radius 2 is 0.634 bits per heavy atom. The minimum atomic E-state index is -3.41. The molecule has 12 heterocycles. The summed E-state index contributed by atoms with van der Waals surface area (Å²) < 4.78 is 253. The zero-order valence-electron chi connectivity index (χ0n) is 99.7. The number of benzene rings is 4. The van der Waals surface area contributed by atoms with Gasteiger partial charge in [-0.25, -0.2) is 19.2 Å². The fourth-order valence-corrected chi connectivity index (χ4v) is 18.5. The normalized spacial score (nSPS) is 21.8. The molecular weight excluding hydrogens is 1690 g/mol. The van der Waals surface area contributed by atoms with Crippen LogP contribution in [0.4, 0.5) is 0 Å². The average molecular weight is 1840 g/mol. The van der Waals surface area contributed by atoms with E-state index in [9.17, 15) is 53.7 Å². The quantitative estimate of drug-likeness (QED) is 0.0215. The third-order valence-corrected chi connectivity index (χ3v) is 24.2. The van der Waals surface area contributed by atoms with E-state index in [0.29, 0.717) is 97.7 Å². The third kappa shape index (κ3) is 20.2. The molecule has 8 aliphatic heterocycles. The van der Waals surface area contributed by atoms with E-state index in [-0.39, 0.29) is 112 Å². The molecule has 131 heavy (non-hydrogen) atoms. The summed E-state index contributed by atoms with van der Waals surface area (Å²) in [6, 6.07) is 18.1.